The van der Waals surface area contributed by atoms with Crippen molar-refractivity contribution >= 4 is 6.08 Å². The lowest BCUT2D eigenvalue weighted by Gasteiger charge is -2.24. The first-order valence-electron chi connectivity index (χ1n) is 7.15. The van der Waals surface area contributed by atoms with E-state index in [4.69, 9.17) is 0 Å². The van der Waals surface area contributed by atoms with Crippen LogP contribution in [-0.2, 0) is 0 Å². The predicted molar refractivity (Wildman–Crippen MR) is 80.5 cm³/mol. The van der Waals surface area contributed by atoms with Gasteiger partial charge >= 0.3 is 0 Å². The standard InChI is InChI=1S/C18H24/c1-3-4-16-9-11-18(12-10-16)14-13-17-7-5-15(2)6-8-17/h3-8,13-14,16,18H,9-12H2,1-2H3. The summed E-state index contributed by atoms with van der Waals surface area (Å²) in [5, 5.41) is 0. The van der Waals surface area contributed by atoms with Crippen LogP contribution in [-0.4, -0.2) is 0 Å². The minimum Gasteiger partial charge on any atom is -0.0914 e. The Bertz CT molecular complexity index is 400. The van der Waals surface area contributed by atoms with Crippen LogP contribution in [0.15, 0.2) is 42.5 Å². The molecule has 0 heterocycles. The van der Waals surface area contributed by atoms with Gasteiger partial charge in [0.1, 0.15) is 0 Å². The Morgan fingerprint density at radius 1 is 0.889 bits per heavy atom. The van der Waals surface area contributed by atoms with Crippen molar-refractivity contribution in [3.05, 3.63) is 53.6 Å². The van der Waals surface area contributed by atoms with Gasteiger partial charge in [-0.15, -0.1) is 0 Å². The molecule has 0 amide bonds. The van der Waals surface area contributed by atoms with Crippen molar-refractivity contribution in [2.24, 2.45) is 11.8 Å². The van der Waals surface area contributed by atoms with Crippen LogP contribution in [0.3, 0.4) is 0 Å². The second-order valence-electron chi connectivity index (χ2n) is 5.47. The summed E-state index contributed by atoms with van der Waals surface area (Å²) in [5.41, 5.74) is 2.66. The van der Waals surface area contributed by atoms with E-state index in [0.717, 1.165) is 11.8 Å². The van der Waals surface area contributed by atoms with Gasteiger partial charge in [0.15, 0.2) is 0 Å². The zero-order valence-corrected chi connectivity index (χ0v) is 11.6. The summed E-state index contributed by atoms with van der Waals surface area (Å²) in [6.07, 6.45) is 14.7. The van der Waals surface area contributed by atoms with Crippen molar-refractivity contribution in [1.29, 1.82) is 0 Å². The lowest BCUT2D eigenvalue weighted by atomic mass is 9.81. The van der Waals surface area contributed by atoms with Gasteiger partial charge in [0.25, 0.3) is 0 Å². The van der Waals surface area contributed by atoms with Crippen molar-refractivity contribution in [2.75, 3.05) is 0 Å². The van der Waals surface area contributed by atoms with E-state index >= 15 is 0 Å². The van der Waals surface area contributed by atoms with Crippen molar-refractivity contribution in [3.63, 3.8) is 0 Å². The number of aryl methyl sites for hydroxylation is 1. The van der Waals surface area contributed by atoms with E-state index < -0.39 is 0 Å². The minimum absolute atomic E-state index is 0.785. The Balaban J connectivity index is 1.86. The molecular weight excluding hydrogens is 216 g/mol. The lowest BCUT2D eigenvalue weighted by Crippen LogP contribution is -2.10. The highest BCUT2D eigenvalue weighted by Gasteiger charge is 2.16. The number of rotatable bonds is 3. The third-order valence-corrected chi connectivity index (χ3v) is 3.92. The highest BCUT2D eigenvalue weighted by molar-refractivity contribution is 5.49. The molecule has 0 atom stereocenters. The van der Waals surface area contributed by atoms with E-state index in [1.54, 1.807) is 0 Å². The summed E-state index contributed by atoms with van der Waals surface area (Å²) in [7, 11) is 0. The molecule has 0 saturated heterocycles. The minimum atomic E-state index is 0.785. The van der Waals surface area contributed by atoms with Gasteiger partial charge < -0.3 is 0 Å². The number of hydrogen-bond donors (Lipinski definition) is 0. The van der Waals surface area contributed by atoms with Gasteiger partial charge in [-0.1, -0.05) is 54.1 Å². The molecule has 0 heteroatoms. The Hall–Kier alpha value is -1.30. The predicted octanol–water partition coefficient (Wildman–Crippen LogP) is 5.39. The average molecular weight is 240 g/mol. The van der Waals surface area contributed by atoms with Crippen LogP contribution < -0.4 is 0 Å². The van der Waals surface area contributed by atoms with Crippen LogP contribution in [0.25, 0.3) is 6.08 Å². The maximum atomic E-state index is 2.41. The third kappa shape index (κ3) is 3.87. The van der Waals surface area contributed by atoms with E-state index in [1.807, 2.05) is 0 Å². The molecule has 0 nitrogen and oxygen atoms in total. The van der Waals surface area contributed by atoms with Gasteiger partial charge in [-0.25, -0.2) is 0 Å². The third-order valence-electron chi connectivity index (χ3n) is 3.92. The van der Waals surface area contributed by atoms with E-state index in [-0.39, 0.29) is 0 Å². The molecule has 1 saturated carbocycles. The molecule has 0 N–H and O–H groups in total. The van der Waals surface area contributed by atoms with E-state index in [2.05, 4.69) is 62.4 Å². The topological polar surface area (TPSA) is 0 Å². The van der Waals surface area contributed by atoms with Crippen LogP contribution >= 0.6 is 0 Å². The average Bonchev–Trinajstić information content (AvgIpc) is 2.40. The Morgan fingerprint density at radius 3 is 2.00 bits per heavy atom. The summed E-state index contributed by atoms with van der Waals surface area (Å²) in [6, 6.07) is 8.78. The largest absolute Gasteiger partial charge is 0.0914 e. The molecule has 0 radical (unpaired) electrons. The van der Waals surface area contributed by atoms with Gasteiger partial charge in [0, 0.05) is 0 Å². The van der Waals surface area contributed by atoms with Crippen LogP contribution in [0.2, 0.25) is 0 Å². The first-order chi connectivity index (χ1) is 8.78. The molecule has 0 spiro atoms. The number of hydrogen-bond acceptors (Lipinski definition) is 0. The van der Waals surface area contributed by atoms with Crippen molar-refractivity contribution in [1.82, 2.24) is 0 Å². The molecule has 2 rings (SSSR count). The SMILES string of the molecule is CC=CC1CCC(C=Cc2ccc(C)cc2)CC1. The first kappa shape index (κ1) is 13.1. The normalized spacial score (nSPS) is 25.0. The molecule has 96 valence electrons. The van der Waals surface area contributed by atoms with Crippen LogP contribution in [0.1, 0.15) is 43.7 Å². The second-order valence-corrected chi connectivity index (χ2v) is 5.47. The maximum absolute atomic E-state index is 2.41. The molecule has 18 heavy (non-hydrogen) atoms. The number of benzene rings is 1. The zero-order chi connectivity index (χ0) is 12.8. The smallest absolute Gasteiger partial charge is 0.0230 e. The summed E-state index contributed by atoms with van der Waals surface area (Å²) in [4.78, 5) is 0. The molecule has 1 fully saturated rings. The van der Waals surface area contributed by atoms with Crippen LogP contribution in [0, 0.1) is 18.8 Å². The first-order valence-corrected chi connectivity index (χ1v) is 7.15. The molecule has 1 aliphatic rings. The molecule has 0 bridgehead atoms. The van der Waals surface area contributed by atoms with Crippen molar-refractivity contribution < 1.29 is 0 Å². The Morgan fingerprint density at radius 2 is 1.44 bits per heavy atom. The van der Waals surface area contributed by atoms with Crippen molar-refractivity contribution in [3.8, 4) is 0 Å². The van der Waals surface area contributed by atoms with Gasteiger partial charge in [0.2, 0.25) is 0 Å². The fourth-order valence-electron chi connectivity index (χ4n) is 2.73. The zero-order valence-electron chi connectivity index (χ0n) is 11.6. The molecular formula is C18H24. The molecule has 0 aliphatic heterocycles. The lowest BCUT2D eigenvalue weighted by molar-refractivity contribution is 0.357. The van der Waals surface area contributed by atoms with Gasteiger partial charge in [-0.2, -0.15) is 0 Å². The van der Waals surface area contributed by atoms with Crippen LogP contribution in [0.5, 0.6) is 0 Å². The summed E-state index contributed by atoms with van der Waals surface area (Å²) in [5.74, 6) is 1.62. The van der Waals surface area contributed by atoms with Gasteiger partial charge in [0.05, 0.1) is 0 Å². The Kier molecular flexibility index (Phi) is 4.81. The van der Waals surface area contributed by atoms with Gasteiger partial charge in [-0.3, -0.25) is 0 Å². The molecule has 0 unspecified atom stereocenters. The molecule has 1 aliphatic carbocycles. The van der Waals surface area contributed by atoms with Crippen molar-refractivity contribution in [2.45, 2.75) is 39.5 Å². The van der Waals surface area contributed by atoms with Crippen LogP contribution in [0.4, 0.5) is 0 Å². The second kappa shape index (κ2) is 6.58. The quantitative estimate of drug-likeness (QED) is 0.621. The fourth-order valence-corrected chi connectivity index (χ4v) is 2.73. The van der Waals surface area contributed by atoms with Gasteiger partial charge in [-0.05, 0) is 56.9 Å². The molecule has 0 aromatic heterocycles. The fraction of sp³-hybridized carbons (Fsp3) is 0.444. The summed E-state index contributed by atoms with van der Waals surface area (Å²) in [6.45, 7) is 4.26. The molecule has 1 aromatic carbocycles. The highest BCUT2D eigenvalue weighted by atomic mass is 14.2. The maximum Gasteiger partial charge on any atom is -0.0230 e. The van der Waals surface area contributed by atoms with E-state index in [0.29, 0.717) is 0 Å². The molecule has 1 aromatic rings. The number of allylic oxidation sites excluding steroid dienone is 3. The monoisotopic (exact) mass is 240 g/mol. The Labute approximate surface area is 111 Å². The summed E-state index contributed by atoms with van der Waals surface area (Å²) < 4.78 is 0. The summed E-state index contributed by atoms with van der Waals surface area (Å²) >= 11 is 0. The van der Waals surface area contributed by atoms with E-state index in [9.17, 15) is 0 Å². The highest BCUT2D eigenvalue weighted by Crippen LogP contribution is 2.30. The van der Waals surface area contributed by atoms with E-state index in [1.165, 1.54) is 36.8 Å².